The van der Waals surface area contributed by atoms with Gasteiger partial charge in [0.25, 0.3) is 5.97 Å². The molecule has 3 aromatic carbocycles. The summed E-state index contributed by atoms with van der Waals surface area (Å²) in [5.41, 5.74) is 2.25. The number of benzene rings is 3. The predicted molar refractivity (Wildman–Crippen MR) is 100 cm³/mol. The summed E-state index contributed by atoms with van der Waals surface area (Å²) in [6, 6.07) is 25.5. The molecule has 0 radical (unpaired) electrons. The lowest BCUT2D eigenvalue weighted by atomic mass is 10.1. The summed E-state index contributed by atoms with van der Waals surface area (Å²) in [4.78, 5) is 19.2. The Hall–Kier alpha value is -3.60. The molecule has 0 saturated carbocycles. The first-order valence-electron chi connectivity index (χ1n) is 7.73. The number of hydrogen-bond donors (Lipinski definition) is 3. The maximum atomic E-state index is 10.2. The van der Waals surface area contributed by atoms with Crippen molar-refractivity contribution in [3.63, 3.8) is 0 Å². The third kappa shape index (κ3) is 7.79. The van der Waals surface area contributed by atoms with E-state index in [1.807, 2.05) is 48.5 Å². The molecule has 0 aliphatic carbocycles. The number of hydrogen-bond acceptors (Lipinski definition) is 3. The van der Waals surface area contributed by atoms with Crippen molar-refractivity contribution in [2.24, 2.45) is 0 Å². The zero-order valence-corrected chi connectivity index (χ0v) is 14.2. The molecule has 3 aromatic rings. The van der Waals surface area contributed by atoms with Gasteiger partial charge in [-0.25, -0.2) is 4.79 Å². The van der Waals surface area contributed by atoms with Crippen LogP contribution in [0, 0.1) is 0 Å². The Morgan fingerprint density at radius 3 is 1.54 bits per heavy atom. The lowest BCUT2D eigenvalue weighted by Gasteiger charge is -2.02. The molecule has 0 spiro atoms. The molecule has 0 aliphatic heterocycles. The summed E-state index contributed by atoms with van der Waals surface area (Å²) >= 11 is 0. The Kier molecular flexibility index (Phi) is 8.68. The van der Waals surface area contributed by atoms with E-state index in [9.17, 15) is 9.90 Å². The molecule has 0 heterocycles. The van der Waals surface area contributed by atoms with Crippen LogP contribution in [0.1, 0.15) is 17.3 Å². The van der Waals surface area contributed by atoms with Crippen LogP contribution in [-0.2, 0) is 4.79 Å². The van der Waals surface area contributed by atoms with Gasteiger partial charge in [0.05, 0.1) is 5.56 Å². The van der Waals surface area contributed by atoms with Crippen molar-refractivity contribution in [1.82, 2.24) is 0 Å². The van der Waals surface area contributed by atoms with Gasteiger partial charge in [0.2, 0.25) is 0 Å². The van der Waals surface area contributed by atoms with Crippen molar-refractivity contribution < 1.29 is 24.9 Å². The molecule has 3 N–H and O–H groups in total. The summed E-state index contributed by atoms with van der Waals surface area (Å²) in [5, 5.41) is 25.4. The third-order valence-corrected chi connectivity index (χ3v) is 3.01. The molecule has 0 unspecified atom stereocenters. The minimum Gasteiger partial charge on any atom is -0.507 e. The lowest BCUT2D eigenvalue weighted by Crippen LogP contribution is -1.93. The van der Waals surface area contributed by atoms with E-state index in [1.54, 1.807) is 36.4 Å². The average Bonchev–Trinajstić information content (AvgIpc) is 2.64. The molecule has 5 heteroatoms. The minimum absolute atomic E-state index is 0.328. The van der Waals surface area contributed by atoms with Gasteiger partial charge in [0.15, 0.2) is 0 Å². The number of aliphatic carboxylic acids is 1. The molecule has 0 bridgehead atoms. The molecule has 0 aromatic heterocycles. The number of phenols is 1. The molecule has 0 atom stereocenters. The summed E-state index contributed by atoms with van der Waals surface area (Å²) in [5.74, 6) is -1.38. The smallest absolute Gasteiger partial charge is 0.335 e. The largest absolute Gasteiger partial charge is 0.507 e. The molecular weight excluding hydrogens is 332 g/mol. The van der Waals surface area contributed by atoms with Crippen LogP contribution >= 0.6 is 0 Å². The fraction of sp³-hybridized carbons (Fsp3) is 0.0476. The van der Waals surface area contributed by atoms with Crippen molar-refractivity contribution >= 4 is 11.9 Å². The van der Waals surface area contributed by atoms with Gasteiger partial charge in [-0.1, -0.05) is 66.7 Å². The Balaban J connectivity index is 0.000000227. The predicted octanol–water partition coefficient (Wildman–Crippen LogP) is 4.53. The molecule has 0 saturated heterocycles. The first-order valence-corrected chi connectivity index (χ1v) is 7.73. The van der Waals surface area contributed by atoms with Crippen LogP contribution in [0.3, 0.4) is 0 Å². The Bertz CT molecular complexity index is 810. The van der Waals surface area contributed by atoms with E-state index in [4.69, 9.17) is 15.0 Å². The molecule has 3 rings (SSSR count). The number of rotatable bonds is 2. The van der Waals surface area contributed by atoms with Gasteiger partial charge < -0.3 is 15.3 Å². The highest BCUT2D eigenvalue weighted by atomic mass is 16.4. The van der Waals surface area contributed by atoms with Crippen LogP contribution in [0.2, 0.25) is 0 Å². The van der Waals surface area contributed by atoms with Crippen molar-refractivity contribution in [1.29, 1.82) is 0 Å². The molecule has 5 nitrogen and oxygen atoms in total. The van der Waals surface area contributed by atoms with E-state index in [1.165, 1.54) is 0 Å². The first kappa shape index (κ1) is 20.4. The second-order valence-electron chi connectivity index (χ2n) is 5.07. The molecule has 0 fully saturated rings. The van der Waals surface area contributed by atoms with Crippen LogP contribution in [0.5, 0.6) is 5.75 Å². The zero-order valence-electron chi connectivity index (χ0n) is 14.2. The lowest BCUT2D eigenvalue weighted by molar-refractivity contribution is -0.134. The standard InChI is InChI=1S/C12H10O.C7H6O2.C2H4O2/c13-12-9-5-4-8-11(12)10-6-2-1-3-7-10;8-7(9)6-4-2-1-3-5-6;1-2(3)4/h1-9,13H;1-5H,(H,8,9);1H3,(H,3,4). The highest BCUT2D eigenvalue weighted by Gasteiger charge is 2.00. The van der Waals surface area contributed by atoms with Crippen LogP contribution in [-0.4, -0.2) is 27.3 Å². The van der Waals surface area contributed by atoms with Gasteiger partial charge in [-0.2, -0.15) is 0 Å². The fourth-order valence-corrected chi connectivity index (χ4v) is 1.92. The molecule has 134 valence electrons. The van der Waals surface area contributed by atoms with Gasteiger partial charge in [0, 0.05) is 12.5 Å². The van der Waals surface area contributed by atoms with E-state index in [0.29, 0.717) is 11.3 Å². The van der Waals surface area contributed by atoms with Gasteiger partial charge >= 0.3 is 5.97 Å². The van der Waals surface area contributed by atoms with Crippen molar-refractivity contribution in [2.45, 2.75) is 6.92 Å². The highest BCUT2D eigenvalue weighted by molar-refractivity contribution is 5.87. The van der Waals surface area contributed by atoms with Crippen LogP contribution in [0.25, 0.3) is 11.1 Å². The topological polar surface area (TPSA) is 94.8 Å². The Morgan fingerprint density at radius 2 is 1.12 bits per heavy atom. The Labute approximate surface area is 151 Å². The van der Waals surface area contributed by atoms with Gasteiger partial charge in [-0.3, -0.25) is 4.79 Å². The molecule has 26 heavy (non-hydrogen) atoms. The van der Waals surface area contributed by atoms with Crippen LogP contribution < -0.4 is 0 Å². The number of carboxylic acids is 2. The van der Waals surface area contributed by atoms with E-state index >= 15 is 0 Å². The fourth-order valence-electron chi connectivity index (χ4n) is 1.92. The van der Waals surface area contributed by atoms with Crippen LogP contribution in [0.15, 0.2) is 84.9 Å². The SMILES string of the molecule is CC(=O)O.O=C(O)c1ccccc1.Oc1ccccc1-c1ccccc1. The van der Waals surface area contributed by atoms with E-state index in [-0.39, 0.29) is 0 Å². The number of carbonyl (C=O) groups is 2. The maximum absolute atomic E-state index is 10.2. The minimum atomic E-state index is -0.879. The van der Waals surface area contributed by atoms with Crippen molar-refractivity contribution in [3.05, 3.63) is 90.5 Å². The second-order valence-corrected chi connectivity index (χ2v) is 5.07. The van der Waals surface area contributed by atoms with Crippen molar-refractivity contribution in [2.75, 3.05) is 0 Å². The summed E-state index contributed by atoms with van der Waals surface area (Å²) < 4.78 is 0. The number of aromatic carboxylic acids is 1. The molecule has 0 aliphatic rings. The van der Waals surface area contributed by atoms with E-state index in [2.05, 4.69) is 0 Å². The number of carboxylic acid groups (broad SMARTS) is 2. The summed E-state index contributed by atoms with van der Waals surface area (Å²) in [6.45, 7) is 1.08. The second kappa shape index (κ2) is 11.0. The van der Waals surface area contributed by atoms with Crippen LogP contribution in [0.4, 0.5) is 0 Å². The normalized spacial score (nSPS) is 8.96. The van der Waals surface area contributed by atoms with Gasteiger partial charge in [0.1, 0.15) is 5.75 Å². The third-order valence-electron chi connectivity index (χ3n) is 3.01. The monoisotopic (exact) mass is 352 g/mol. The zero-order chi connectivity index (χ0) is 19.4. The average molecular weight is 352 g/mol. The Morgan fingerprint density at radius 1 is 0.692 bits per heavy atom. The summed E-state index contributed by atoms with van der Waals surface area (Å²) in [7, 11) is 0. The number of aromatic hydroxyl groups is 1. The van der Waals surface area contributed by atoms with E-state index < -0.39 is 11.9 Å². The number of phenolic OH excluding ortho intramolecular Hbond substituents is 1. The number of para-hydroxylation sites is 1. The summed E-state index contributed by atoms with van der Waals surface area (Å²) in [6.07, 6.45) is 0. The molecule has 0 amide bonds. The van der Waals surface area contributed by atoms with E-state index in [0.717, 1.165) is 18.1 Å². The quantitative estimate of drug-likeness (QED) is 0.629. The molecular formula is C21H20O5. The van der Waals surface area contributed by atoms with Crippen molar-refractivity contribution in [3.8, 4) is 16.9 Å². The maximum Gasteiger partial charge on any atom is 0.335 e. The van der Waals surface area contributed by atoms with Gasteiger partial charge in [-0.05, 0) is 23.8 Å². The highest BCUT2D eigenvalue weighted by Crippen LogP contribution is 2.27. The first-order chi connectivity index (χ1) is 12.4. The van der Waals surface area contributed by atoms with Gasteiger partial charge in [-0.15, -0.1) is 0 Å².